The van der Waals surface area contributed by atoms with Gasteiger partial charge in [-0.15, -0.1) is 5.10 Å². The van der Waals surface area contributed by atoms with Crippen molar-refractivity contribution in [1.29, 1.82) is 0 Å². The first-order valence-corrected chi connectivity index (χ1v) is 6.14. The fraction of sp³-hybridized carbons (Fsp3) is 0.333. The fourth-order valence-corrected chi connectivity index (χ4v) is 1.96. The van der Waals surface area contributed by atoms with Gasteiger partial charge in [0.1, 0.15) is 0 Å². The molecule has 1 aromatic carbocycles. The summed E-state index contributed by atoms with van der Waals surface area (Å²) in [6, 6.07) is 4.05. The minimum Gasteiger partial charge on any atom is -0.381 e. The number of hydrogen-bond acceptors (Lipinski definition) is 5. The Labute approximate surface area is 114 Å². The van der Waals surface area contributed by atoms with Gasteiger partial charge in [-0.1, -0.05) is 30.7 Å². The lowest BCUT2D eigenvalue weighted by atomic mass is 10.1. The molecule has 0 aliphatic carbocycles. The zero-order chi connectivity index (χ0) is 14.7. The van der Waals surface area contributed by atoms with Crippen LogP contribution in [0.2, 0.25) is 0 Å². The van der Waals surface area contributed by atoms with Crippen LogP contribution < -0.4 is 5.73 Å². The van der Waals surface area contributed by atoms with Crippen LogP contribution in [-0.4, -0.2) is 19.9 Å². The third-order valence-corrected chi connectivity index (χ3v) is 2.93. The van der Waals surface area contributed by atoms with Gasteiger partial charge in [-0.3, -0.25) is 10.1 Å². The summed E-state index contributed by atoms with van der Waals surface area (Å²) in [4.78, 5) is 9.96. The summed E-state index contributed by atoms with van der Waals surface area (Å²) < 4.78 is 15.5. The van der Waals surface area contributed by atoms with E-state index >= 15 is 0 Å². The minimum absolute atomic E-state index is 0.0625. The number of nitro benzene ring substituents is 1. The molecule has 0 unspecified atom stereocenters. The smallest absolute Gasteiger partial charge is 0.305 e. The normalized spacial score (nSPS) is 10.7. The van der Waals surface area contributed by atoms with Crippen LogP contribution in [0, 0.1) is 15.9 Å². The van der Waals surface area contributed by atoms with Crippen LogP contribution in [0.4, 0.5) is 15.9 Å². The van der Waals surface area contributed by atoms with Gasteiger partial charge < -0.3 is 5.73 Å². The van der Waals surface area contributed by atoms with Crippen molar-refractivity contribution in [2.75, 3.05) is 5.73 Å². The lowest BCUT2D eigenvalue weighted by Crippen LogP contribution is -2.09. The molecule has 0 atom stereocenters. The first-order chi connectivity index (χ1) is 9.54. The second-order valence-corrected chi connectivity index (χ2v) is 4.34. The molecule has 8 heteroatoms. The average Bonchev–Trinajstić information content (AvgIpc) is 2.74. The monoisotopic (exact) mass is 279 g/mol. The van der Waals surface area contributed by atoms with Crippen molar-refractivity contribution < 1.29 is 9.31 Å². The number of aromatic nitrogens is 3. The predicted molar refractivity (Wildman–Crippen MR) is 70.6 cm³/mol. The largest absolute Gasteiger partial charge is 0.381 e. The van der Waals surface area contributed by atoms with Crippen LogP contribution in [-0.2, 0) is 13.0 Å². The maximum atomic E-state index is 14.0. The number of rotatable bonds is 5. The summed E-state index contributed by atoms with van der Waals surface area (Å²) >= 11 is 0. The van der Waals surface area contributed by atoms with Gasteiger partial charge in [0.15, 0.2) is 5.82 Å². The van der Waals surface area contributed by atoms with Crippen LogP contribution >= 0.6 is 0 Å². The van der Waals surface area contributed by atoms with E-state index < -0.39 is 16.4 Å². The van der Waals surface area contributed by atoms with E-state index in [9.17, 15) is 14.5 Å². The second kappa shape index (κ2) is 5.64. The van der Waals surface area contributed by atoms with Crippen LogP contribution in [0.25, 0.3) is 0 Å². The third-order valence-electron chi connectivity index (χ3n) is 2.93. The number of hydrogen-bond donors (Lipinski definition) is 1. The number of anilines is 1. The zero-order valence-electron chi connectivity index (χ0n) is 10.9. The topological polar surface area (TPSA) is 99.9 Å². The summed E-state index contributed by atoms with van der Waals surface area (Å²) in [5.74, 6) is -0.549. The lowest BCUT2D eigenvalue weighted by molar-refractivity contribution is -0.387. The molecule has 0 spiro atoms. The zero-order valence-corrected chi connectivity index (χ0v) is 10.9. The van der Waals surface area contributed by atoms with E-state index in [1.807, 2.05) is 6.92 Å². The summed E-state index contributed by atoms with van der Waals surface area (Å²) in [5.41, 5.74) is 6.04. The molecule has 0 saturated carbocycles. The van der Waals surface area contributed by atoms with E-state index in [-0.39, 0.29) is 12.1 Å². The number of nitro groups is 1. The van der Waals surface area contributed by atoms with Crippen LogP contribution in [0.5, 0.6) is 0 Å². The molecule has 0 aliphatic heterocycles. The van der Waals surface area contributed by atoms with Gasteiger partial charge in [0.05, 0.1) is 17.2 Å². The molecule has 20 heavy (non-hydrogen) atoms. The van der Waals surface area contributed by atoms with Gasteiger partial charge in [-0.05, 0) is 6.42 Å². The van der Waals surface area contributed by atoms with Crippen molar-refractivity contribution in [1.82, 2.24) is 15.0 Å². The number of halogens is 1. The molecule has 0 fully saturated rings. The van der Waals surface area contributed by atoms with E-state index in [1.54, 1.807) is 0 Å². The molecule has 1 aromatic heterocycles. The Hall–Kier alpha value is -2.51. The van der Waals surface area contributed by atoms with Gasteiger partial charge in [-0.2, -0.15) is 4.39 Å². The number of nitrogen functional groups attached to an aromatic ring is 1. The molecule has 0 bridgehead atoms. The second-order valence-electron chi connectivity index (χ2n) is 4.34. The van der Waals surface area contributed by atoms with Crippen molar-refractivity contribution in [3.8, 4) is 0 Å². The molecule has 0 aliphatic rings. The molecule has 106 valence electrons. The molecule has 2 rings (SSSR count). The summed E-state index contributed by atoms with van der Waals surface area (Å²) in [6.45, 7) is 2.04. The Balaban J connectivity index is 2.35. The highest BCUT2D eigenvalue weighted by atomic mass is 19.1. The molecule has 0 saturated heterocycles. The van der Waals surface area contributed by atoms with Crippen LogP contribution in [0.15, 0.2) is 18.2 Å². The molecule has 7 nitrogen and oxygen atoms in total. The molecule has 2 N–H and O–H groups in total. The lowest BCUT2D eigenvalue weighted by Gasteiger charge is -2.07. The highest BCUT2D eigenvalue weighted by Gasteiger charge is 2.19. The van der Waals surface area contributed by atoms with Gasteiger partial charge in [0.25, 0.3) is 0 Å². The van der Waals surface area contributed by atoms with E-state index in [2.05, 4.69) is 10.3 Å². The summed E-state index contributed by atoms with van der Waals surface area (Å²) in [6.07, 6.45) is 1.50. The Morgan fingerprint density at radius 2 is 2.25 bits per heavy atom. The molecular formula is C12H14FN5O2. The number of benzene rings is 1. The van der Waals surface area contributed by atoms with Gasteiger partial charge >= 0.3 is 5.69 Å². The Morgan fingerprint density at radius 3 is 2.90 bits per heavy atom. The van der Waals surface area contributed by atoms with Crippen molar-refractivity contribution in [2.45, 2.75) is 26.3 Å². The summed E-state index contributed by atoms with van der Waals surface area (Å²) in [5, 5.41) is 18.3. The van der Waals surface area contributed by atoms with E-state index in [1.165, 1.54) is 16.8 Å². The van der Waals surface area contributed by atoms with E-state index in [4.69, 9.17) is 5.73 Å². The molecule has 1 heterocycles. The number of nitrogens with zero attached hydrogens (tertiary/aromatic N) is 4. The molecular weight excluding hydrogens is 265 g/mol. The van der Waals surface area contributed by atoms with Gasteiger partial charge in [0, 0.05) is 11.6 Å². The Kier molecular flexibility index (Phi) is 3.92. The predicted octanol–water partition coefficient (Wildman–Crippen LogP) is 1.91. The molecule has 2 aromatic rings. The molecule has 0 radical (unpaired) electrons. The van der Waals surface area contributed by atoms with Crippen molar-refractivity contribution in [3.63, 3.8) is 0 Å². The van der Waals surface area contributed by atoms with Crippen LogP contribution in [0.1, 0.15) is 24.6 Å². The first kappa shape index (κ1) is 13.9. The van der Waals surface area contributed by atoms with Crippen molar-refractivity contribution in [3.05, 3.63) is 45.4 Å². The standard InChI is InChI=1S/C12H14FN5O2/c1-2-4-10-12(14)15-16-17(10)7-8-5-3-6-9(11(8)13)18(19)20/h3,5-6H,2,4,7,14H2,1H3. The van der Waals surface area contributed by atoms with Crippen molar-refractivity contribution in [2.24, 2.45) is 0 Å². The molecule has 0 amide bonds. The highest BCUT2D eigenvalue weighted by molar-refractivity contribution is 5.38. The van der Waals surface area contributed by atoms with Crippen molar-refractivity contribution >= 4 is 11.5 Å². The number of nitrogens with two attached hydrogens (primary N) is 1. The maximum Gasteiger partial charge on any atom is 0.305 e. The maximum absolute atomic E-state index is 14.0. The quantitative estimate of drug-likeness (QED) is 0.665. The van der Waals surface area contributed by atoms with E-state index in [0.717, 1.165) is 12.5 Å². The fourth-order valence-electron chi connectivity index (χ4n) is 1.96. The highest BCUT2D eigenvalue weighted by Crippen LogP contribution is 2.21. The first-order valence-electron chi connectivity index (χ1n) is 6.14. The Morgan fingerprint density at radius 1 is 1.50 bits per heavy atom. The van der Waals surface area contributed by atoms with Gasteiger partial charge in [0.2, 0.25) is 5.82 Å². The minimum atomic E-state index is -0.853. The average molecular weight is 279 g/mol. The third kappa shape index (κ3) is 2.58. The SMILES string of the molecule is CCCc1c(N)nnn1Cc1cccc([N+](=O)[O-])c1F. The van der Waals surface area contributed by atoms with E-state index in [0.29, 0.717) is 17.9 Å². The summed E-state index contributed by atoms with van der Waals surface area (Å²) in [7, 11) is 0. The van der Waals surface area contributed by atoms with Crippen LogP contribution in [0.3, 0.4) is 0 Å². The Bertz CT molecular complexity index is 641. The van der Waals surface area contributed by atoms with Gasteiger partial charge in [-0.25, -0.2) is 4.68 Å².